The summed E-state index contributed by atoms with van der Waals surface area (Å²) in [4.78, 5) is 77.5. The van der Waals surface area contributed by atoms with Gasteiger partial charge >= 0.3 is 11.9 Å². The Morgan fingerprint density at radius 1 is 0.979 bits per heavy atom. The van der Waals surface area contributed by atoms with E-state index in [1.165, 1.54) is 0 Å². The van der Waals surface area contributed by atoms with Crippen LogP contribution in [-0.2, 0) is 49.6 Å². The highest BCUT2D eigenvalue weighted by molar-refractivity contribution is 6.38. The Morgan fingerprint density at radius 3 is 2.38 bits per heavy atom. The molecule has 1 heterocycles. The first-order valence-electron chi connectivity index (χ1n) is 16.7. The van der Waals surface area contributed by atoms with Crippen LogP contribution in [0.1, 0.15) is 83.6 Å². The molecular weight excluding hydrogens is 606 g/mol. The van der Waals surface area contributed by atoms with Gasteiger partial charge in [-0.15, -0.1) is 0 Å². The number of esters is 2. The monoisotopic (exact) mass is 655 g/mol. The molecule has 3 N–H and O–H groups in total. The summed E-state index contributed by atoms with van der Waals surface area (Å²) in [6.45, 7) is 3.22. The van der Waals surface area contributed by atoms with Gasteiger partial charge in [-0.3, -0.25) is 24.0 Å². The van der Waals surface area contributed by atoms with Crippen LogP contribution < -0.4 is 16.0 Å². The highest BCUT2D eigenvalue weighted by Crippen LogP contribution is 2.28. The average molecular weight is 656 g/mol. The topological polar surface area (TPSA) is 166 Å². The highest BCUT2D eigenvalue weighted by atomic mass is 16.5. The SMILES string of the molecule is CCCCCC1OC(=O)C(C(=O)N[C@@H](CC2CCCCC2)C(=O)NC(COCc2ccccc2)C(=O)C(=O)NCC(=O)OC)=CC1C. The van der Waals surface area contributed by atoms with E-state index in [-0.39, 0.29) is 43.1 Å². The Labute approximate surface area is 276 Å². The number of amides is 3. The number of ketones is 1. The number of unbranched alkanes of at least 4 members (excludes halogenated alkanes) is 2. The van der Waals surface area contributed by atoms with Gasteiger partial charge in [0, 0.05) is 5.92 Å². The maximum absolute atomic E-state index is 13.8. The van der Waals surface area contributed by atoms with Gasteiger partial charge in [0.05, 0.1) is 20.3 Å². The summed E-state index contributed by atoms with van der Waals surface area (Å²) < 4.78 is 15.8. The number of carbonyl (C=O) groups is 6. The van der Waals surface area contributed by atoms with Crippen molar-refractivity contribution in [3.8, 4) is 0 Å². The fraction of sp³-hybridized carbons (Fsp3) is 0.600. The van der Waals surface area contributed by atoms with Crippen molar-refractivity contribution in [2.24, 2.45) is 11.8 Å². The van der Waals surface area contributed by atoms with Crippen molar-refractivity contribution in [2.75, 3.05) is 20.3 Å². The molecule has 3 unspecified atom stereocenters. The number of carbonyl (C=O) groups excluding carboxylic acids is 6. The molecule has 1 aliphatic heterocycles. The Bertz CT molecular complexity index is 1260. The second kappa shape index (κ2) is 19.6. The third-order valence-corrected chi connectivity index (χ3v) is 8.62. The summed E-state index contributed by atoms with van der Waals surface area (Å²) in [5.74, 6) is -5.08. The summed E-state index contributed by atoms with van der Waals surface area (Å²) in [6, 6.07) is 6.63. The van der Waals surface area contributed by atoms with Crippen LogP contribution in [0, 0.1) is 11.8 Å². The third kappa shape index (κ3) is 12.2. The molecule has 4 atom stereocenters. The maximum Gasteiger partial charge on any atom is 0.343 e. The summed E-state index contributed by atoms with van der Waals surface area (Å²) in [6.07, 6.45) is 10.1. The Morgan fingerprint density at radius 2 is 1.70 bits per heavy atom. The molecule has 1 aliphatic carbocycles. The second-order valence-corrected chi connectivity index (χ2v) is 12.3. The molecule has 0 spiro atoms. The van der Waals surface area contributed by atoms with Crippen LogP contribution in [0.5, 0.6) is 0 Å². The van der Waals surface area contributed by atoms with Gasteiger partial charge < -0.3 is 30.2 Å². The maximum atomic E-state index is 13.8. The summed E-state index contributed by atoms with van der Waals surface area (Å²) >= 11 is 0. The van der Waals surface area contributed by atoms with E-state index in [9.17, 15) is 28.8 Å². The van der Waals surface area contributed by atoms with E-state index in [0.717, 1.165) is 64.0 Å². The molecule has 1 aromatic carbocycles. The number of cyclic esters (lactones) is 1. The lowest BCUT2D eigenvalue weighted by atomic mass is 9.84. The number of Topliss-reactive ketones (excluding diaryl/α,β-unsaturated/α-hetero) is 1. The normalized spacial score (nSPS) is 19.4. The second-order valence-electron chi connectivity index (χ2n) is 12.3. The average Bonchev–Trinajstić information content (AvgIpc) is 3.08. The lowest BCUT2D eigenvalue weighted by Gasteiger charge is -2.30. The van der Waals surface area contributed by atoms with Gasteiger partial charge in [0.15, 0.2) is 0 Å². The molecule has 12 nitrogen and oxygen atoms in total. The fourth-order valence-electron chi connectivity index (χ4n) is 5.85. The van der Waals surface area contributed by atoms with Gasteiger partial charge in [-0.05, 0) is 30.7 Å². The summed E-state index contributed by atoms with van der Waals surface area (Å²) in [7, 11) is 1.15. The van der Waals surface area contributed by atoms with E-state index in [1.807, 2.05) is 37.3 Å². The van der Waals surface area contributed by atoms with Crippen molar-refractivity contribution < 1.29 is 43.0 Å². The molecule has 0 saturated heterocycles. The number of nitrogens with one attached hydrogen (secondary N) is 3. The zero-order valence-electron chi connectivity index (χ0n) is 27.7. The first-order valence-corrected chi connectivity index (χ1v) is 16.7. The van der Waals surface area contributed by atoms with Crippen LogP contribution in [0.4, 0.5) is 0 Å². The summed E-state index contributed by atoms with van der Waals surface area (Å²) in [5.41, 5.74) is 0.656. The van der Waals surface area contributed by atoms with Crippen molar-refractivity contribution in [2.45, 2.75) is 103 Å². The lowest BCUT2D eigenvalue weighted by molar-refractivity contribution is -0.150. The number of hydrogen-bond donors (Lipinski definition) is 3. The predicted octanol–water partition coefficient (Wildman–Crippen LogP) is 3.07. The van der Waals surface area contributed by atoms with Crippen LogP contribution in [0.25, 0.3) is 0 Å². The Balaban J connectivity index is 1.76. The number of benzene rings is 1. The van der Waals surface area contributed by atoms with Gasteiger partial charge in [-0.2, -0.15) is 0 Å². The number of rotatable bonds is 18. The summed E-state index contributed by atoms with van der Waals surface area (Å²) in [5, 5.41) is 7.51. The van der Waals surface area contributed by atoms with Crippen LogP contribution in [0.2, 0.25) is 0 Å². The molecule has 258 valence electrons. The minimum Gasteiger partial charge on any atom is -0.468 e. The van der Waals surface area contributed by atoms with E-state index < -0.39 is 54.1 Å². The van der Waals surface area contributed by atoms with E-state index in [1.54, 1.807) is 6.08 Å². The third-order valence-electron chi connectivity index (χ3n) is 8.62. The highest BCUT2D eigenvalue weighted by Gasteiger charge is 2.36. The molecule has 0 bridgehead atoms. The van der Waals surface area contributed by atoms with Crippen molar-refractivity contribution in [1.29, 1.82) is 0 Å². The van der Waals surface area contributed by atoms with Crippen molar-refractivity contribution >= 4 is 35.4 Å². The molecule has 2 aliphatic rings. The molecule has 12 heteroatoms. The van der Waals surface area contributed by atoms with E-state index >= 15 is 0 Å². The molecule has 1 saturated carbocycles. The quantitative estimate of drug-likeness (QED) is 0.0933. The fourth-order valence-corrected chi connectivity index (χ4v) is 5.85. The number of methoxy groups -OCH3 is 1. The number of ether oxygens (including phenoxy) is 3. The largest absolute Gasteiger partial charge is 0.468 e. The molecule has 0 radical (unpaired) electrons. The van der Waals surface area contributed by atoms with Crippen molar-refractivity contribution in [3.63, 3.8) is 0 Å². The Hall–Kier alpha value is -4.06. The molecule has 3 rings (SSSR count). The van der Waals surface area contributed by atoms with Crippen molar-refractivity contribution in [1.82, 2.24) is 16.0 Å². The van der Waals surface area contributed by atoms with Crippen LogP contribution in [0.15, 0.2) is 42.0 Å². The molecule has 1 fully saturated rings. The number of hydrogen-bond acceptors (Lipinski definition) is 9. The molecule has 47 heavy (non-hydrogen) atoms. The lowest BCUT2D eigenvalue weighted by Crippen LogP contribution is -2.56. The first kappa shape index (κ1) is 37.4. The Kier molecular flexibility index (Phi) is 15.6. The zero-order valence-corrected chi connectivity index (χ0v) is 27.7. The van der Waals surface area contributed by atoms with Crippen LogP contribution in [0.3, 0.4) is 0 Å². The van der Waals surface area contributed by atoms with Gasteiger partial charge in [0.2, 0.25) is 11.7 Å². The van der Waals surface area contributed by atoms with Gasteiger partial charge in [0.25, 0.3) is 11.8 Å². The van der Waals surface area contributed by atoms with Gasteiger partial charge in [-0.1, -0.05) is 95.2 Å². The van der Waals surface area contributed by atoms with Gasteiger partial charge in [-0.25, -0.2) is 4.79 Å². The standard InChI is InChI=1S/C35H49N3O9/c1-4-5-8-17-29-23(2)18-26(35(44)47-29)32(41)37-27(19-24-13-9-6-10-14-24)33(42)38-28(22-46-21-25-15-11-7-12-16-25)31(40)34(43)36-20-30(39)45-3/h7,11-12,15-16,18,23-24,27-29H,4-6,8-10,13-14,17,19-22H2,1-3H3,(H,36,43)(H,37,41)(H,38,42)/t23?,27-,28?,29?/m0/s1. The van der Waals surface area contributed by atoms with Crippen LogP contribution >= 0.6 is 0 Å². The van der Waals surface area contributed by atoms with E-state index in [0.29, 0.717) is 6.42 Å². The smallest absolute Gasteiger partial charge is 0.343 e. The molecule has 0 aromatic heterocycles. The van der Waals surface area contributed by atoms with Crippen molar-refractivity contribution in [3.05, 3.63) is 47.5 Å². The van der Waals surface area contributed by atoms with Crippen LogP contribution in [-0.4, -0.2) is 73.9 Å². The minimum absolute atomic E-state index is 0.112. The molecular formula is C35H49N3O9. The van der Waals surface area contributed by atoms with Gasteiger partial charge in [0.1, 0.15) is 30.3 Å². The molecule has 1 aromatic rings. The predicted molar refractivity (Wildman–Crippen MR) is 172 cm³/mol. The molecule has 3 amide bonds. The van der Waals surface area contributed by atoms with E-state index in [2.05, 4.69) is 27.6 Å². The minimum atomic E-state index is -1.42. The zero-order chi connectivity index (χ0) is 34.2. The van der Waals surface area contributed by atoms with E-state index in [4.69, 9.17) is 9.47 Å². The first-order chi connectivity index (χ1) is 22.6.